The Morgan fingerprint density at radius 1 is 0.441 bits per heavy atom. The zero-order valence-corrected chi connectivity index (χ0v) is 34.0. The van der Waals surface area contributed by atoms with Crippen molar-refractivity contribution in [1.29, 1.82) is 0 Å². The maximum Gasteiger partial charge on any atom is 0.473 e. The van der Waals surface area contributed by atoms with Gasteiger partial charge < -0.3 is 64.1 Å². The highest BCUT2D eigenvalue weighted by Gasteiger charge is 2.33. The number of alkyl carbamates (subject to hydrolysis) is 4. The molecule has 0 saturated carbocycles. The molecule has 0 aliphatic carbocycles. The van der Waals surface area contributed by atoms with E-state index in [1.54, 1.807) is 0 Å². The first-order valence-corrected chi connectivity index (χ1v) is 18.8. The summed E-state index contributed by atoms with van der Waals surface area (Å²) >= 11 is 0. The molecule has 0 aromatic rings. The molecule has 0 unspecified atom stereocenters. The summed E-state index contributed by atoms with van der Waals surface area (Å²) in [7, 11) is -5.34. The number of hydrogen-bond acceptors (Lipinski definition) is 19. The second kappa shape index (κ2) is 29.3. The van der Waals surface area contributed by atoms with E-state index in [-0.39, 0.29) is 74.9 Å². The topological polar surface area (TPSA) is 314 Å². The molecule has 25 heteroatoms. The average molecular weight is 867 g/mol. The molecule has 5 N–H and O–H groups in total. The first kappa shape index (κ1) is 53.0. The number of phosphoric ester groups is 1. The van der Waals surface area contributed by atoms with Crippen molar-refractivity contribution in [2.75, 3.05) is 79.0 Å². The van der Waals surface area contributed by atoms with Crippen molar-refractivity contribution in [3.8, 4) is 0 Å². The molecule has 0 rings (SSSR count). The molecule has 4 amide bonds. The molecule has 0 aromatic carbocycles. The van der Waals surface area contributed by atoms with Crippen LogP contribution in [0.15, 0.2) is 48.6 Å². The molecule has 332 valence electrons. The second-order valence-electron chi connectivity index (χ2n) is 11.7. The van der Waals surface area contributed by atoms with Crippen LogP contribution >= 0.6 is 7.82 Å². The van der Waals surface area contributed by atoms with Crippen molar-refractivity contribution in [3.05, 3.63) is 48.6 Å². The lowest BCUT2D eigenvalue weighted by Gasteiger charge is -2.24. The SMILES string of the molecule is C=C(C)C(=O)OCCNC(=O)OCC(COC(=O)NCCOC(=O)C(=C)C)OP(=O)(O)OC(COC(=O)NCCOC(=O)C(=C)C)COC(=O)NCCOC(=O)C(=C)C. The predicted molar refractivity (Wildman–Crippen MR) is 200 cm³/mol. The first-order chi connectivity index (χ1) is 27.6. The van der Waals surface area contributed by atoms with Crippen molar-refractivity contribution in [3.63, 3.8) is 0 Å². The zero-order valence-electron chi connectivity index (χ0n) is 33.1. The van der Waals surface area contributed by atoms with Gasteiger partial charge in [-0.1, -0.05) is 26.3 Å². The Balaban J connectivity index is 5.70. The Morgan fingerprint density at radius 3 is 0.831 bits per heavy atom. The highest BCUT2D eigenvalue weighted by atomic mass is 31.2. The van der Waals surface area contributed by atoms with Gasteiger partial charge in [0.15, 0.2) is 0 Å². The summed E-state index contributed by atoms with van der Waals surface area (Å²) in [5.41, 5.74) is 0.462. The fraction of sp³-hybridized carbons (Fsp3) is 0.529. The largest absolute Gasteiger partial charge is 0.473 e. The van der Waals surface area contributed by atoms with Gasteiger partial charge in [-0.05, 0) is 27.7 Å². The Morgan fingerprint density at radius 2 is 0.644 bits per heavy atom. The standard InChI is InChI=1S/C34H51N4O20P/c1-21(2)27(39)49-13-9-35-31(43)53-17-25(18-54-32(44)36-10-14-50-28(40)22(3)4)57-59(47,48)58-26(19-55-33(45)37-11-15-51-29(41)23(5)6)20-56-34(46)38-12-16-52-30(42)24(7)8/h25-26H,1,3,5,7,9-20H2,2,4,6,8H3,(H,35,43)(H,36,44)(H,37,45)(H,38,46)(H,47,48). The van der Waals surface area contributed by atoms with Crippen molar-refractivity contribution in [1.82, 2.24) is 21.3 Å². The lowest BCUT2D eigenvalue weighted by Crippen LogP contribution is -2.37. The molecule has 0 heterocycles. The van der Waals surface area contributed by atoms with Gasteiger partial charge in [0.05, 0.1) is 26.2 Å². The smallest absolute Gasteiger partial charge is 0.460 e. The summed E-state index contributed by atoms with van der Waals surface area (Å²) in [6.45, 7) is 13.9. The quantitative estimate of drug-likeness (QED) is 0.0243. The number of hydrogen-bond donors (Lipinski definition) is 5. The van der Waals surface area contributed by atoms with Gasteiger partial charge in [-0.15, -0.1) is 0 Å². The normalized spacial score (nSPS) is 10.6. The van der Waals surface area contributed by atoms with Gasteiger partial charge in [0.25, 0.3) is 0 Å². The maximum atomic E-state index is 13.2. The van der Waals surface area contributed by atoms with Crippen molar-refractivity contribution < 1.29 is 94.8 Å². The molecular weight excluding hydrogens is 815 g/mol. The van der Waals surface area contributed by atoms with Crippen LogP contribution in [0, 0.1) is 0 Å². The molecule has 0 saturated heterocycles. The van der Waals surface area contributed by atoms with Crippen molar-refractivity contribution in [2.45, 2.75) is 39.9 Å². The van der Waals surface area contributed by atoms with Crippen LogP contribution in [-0.2, 0) is 70.7 Å². The van der Waals surface area contributed by atoms with E-state index in [4.69, 9.17) is 46.9 Å². The van der Waals surface area contributed by atoms with E-state index in [0.29, 0.717) is 0 Å². The number of esters is 4. The second-order valence-corrected chi connectivity index (χ2v) is 13.0. The van der Waals surface area contributed by atoms with E-state index in [0.717, 1.165) is 0 Å². The summed E-state index contributed by atoms with van der Waals surface area (Å²) in [4.78, 5) is 106. The molecule has 0 radical (unpaired) electrons. The number of nitrogens with one attached hydrogen (secondary N) is 4. The molecule has 59 heavy (non-hydrogen) atoms. The Kier molecular flexibility index (Phi) is 26.3. The van der Waals surface area contributed by atoms with Gasteiger partial charge in [0.2, 0.25) is 0 Å². The number of carbonyl (C=O) groups excluding carboxylic acids is 8. The van der Waals surface area contributed by atoms with Gasteiger partial charge in [-0.2, -0.15) is 0 Å². The van der Waals surface area contributed by atoms with E-state index in [2.05, 4.69) is 47.6 Å². The average Bonchev–Trinajstić information content (AvgIpc) is 3.16. The number of carbonyl (C=O) groups is 8. The van der Waals surface area contributed by atoms with Gasteiger partial charge in [0, 0.05) is 22.3 Å². The van der Waals surface area contributed by atoms with E-state index in [1.807, 2.05) is 0 Å². The molecule has 0 bridgehead atoms. The Hall–Kier alpha value is -5.97. The van der Waals surface area contributed by atoms with Gasteiger partial charge >= 0.3 is 56.1 Å². The van der Waals surface area contributed by atoms with Crippen LogP contribution in [0.5, 0.6) is 0 Å². The predicted octanol–water partition coefficient (Wildman–Crippen LogP) is 1.24. The van der Waals surface area contributed by atoms with Crippen LogP contribution in [0.1, 0.15) is 27.7 Å². The molecular formula is C34H51N4O20P. The van der Waals surface area contributed by atoms with E-state index < -0.39 is 94.7 Å². The molecule has 0 aliphatic rings. The number of phosphoric acid groups is 1. The van der Waals surface area contributed by atoms with E-state index in [9.17, 15) is 47.8 Å². The zero-order chi connectivity index (χ0) is 45.0. The molecule has 0 fully saturated rings. The molecule has 0 aliphatic heterocycles. The van der Waals surface area contributed by atoms with Crippen LogP contribution in [0.2, 0.25) is 0 Å². The summed E-state index contributed by atoms with van der Waals surface area (Å²) in [5.74, 6) is -2.85. The summed E-state index contributed by atoms with van der Waals surface area (Å²) in [6, 6.07) is 0. The van der Waals surface area contributed by atoms with Crippen LogP contribution in [0.4, 0.5) is 19.2 Å². The Labute approximate surface area is 339 Å². The highest BCUT2D eigenvalue weighted by Crippen LogP contribution is 2.46. The highest BCUT2D eigenvalue weighted by molar-refractivity contribution is 7.47. The third-order valence-corrected chi connectivity index (χ3v) is 7.11. The molecule has 0 atom stereocenters. The lowest BCUT2D eigenvalue weighted by atomic mass is 10.4. The van der Waals surface area contributed by atoms with Crippen molar-refractivity contribution >= 4 is 56.1 Å². The fourth-order valence-corrected chi connectivity index (χ4v) is 4.22. The van der Waals surface area contributed by atoms with E-state index in [1.165, 1.54) is 27.7 Å². The van der Waals surface area contributed by atoms with Crippen LogP contribution in [-0.4, -0.2) is 144 Å². The molecule has 0 aromatic heterocycles. The lowest BCUT2D eigenvalue weighted by molar-refractivity contribution is -0.139. The number of rotatable bonds is 28. The minimum absolute atomic E-state index is 0.115. The summed E-state index contributed by atoms with van der Waals surface area (Å²) < 4.78 is 62.6. The van der Waals surface area contributed by atoms with Crippen LogP contribution in [0.25, 0.3) is 0 Å². The first-order valence-electron chi connectivity index (χ1n) is 17.3. The minimum Gasteiger partial charge on any atom is -0.460 e. The van der Waals surface area contributed by atoms with Crippen LogP contribution < -0.4 is 21.3 Å². The molecule has 24 nitrogen and oxygen atoms in total. The molecule has 0 spiro atoms. The van der Waals surface area contributed by atoms with Crippen LogP contribution in [0.3, 0.4) is 0 Å². The monoisotopic (exact) mass is 866 g/mol. The summed E-state index contributed by atoms with van der Waals surface area (Å²) in [5, 5.41) is 8.94. The fourth-order valence-electron chi connectivity index (χ4n) is 3.18. The van der Waals surface area contributed by atoms with E-state index >= 15 is 0 Å². The van der Waals surface area contributed by atoms with Crippen molar-refractivity contribution in [2.24, 2.45) is 0 Å². The number of amides is 4. The third-order valence-electron chi connectivity index (χ3n) is 5.98. The number of ether oxygens (including phenoxy) is 8. The minimum atomic E-state index is -5.34. The maximum absolute atomic E-state index is 13.2. The van der Waals surface area contributed by atoms with Gasteiger partial charge in [0.1, 0.15) is 65.1 Å². The summed E-state index contributed by atoms with van der Waals surface area (Å²) in [6.07, 6.45) is -7.96. The third kappa shape index (κ3) is 28.1. The Bertz CT molecular complexity index is 1370. The van der Waals surface area contributed by atoms with Gasteiger partial charge in [-0.25, -0.2) is 42.9 Å². The van der Waals surface area contributed by atoms with Gasteiger partial charge in [-0.3, -0.25) is 9.05 Å².